The molecule has 0 atom stereocenters. The third-order valence-corrected chi connectivity index (χ3v) is 2.79. The number of aryl methyl sites for hydroxylation is 2. The molecule has 1 aromatic heterocycles. The van der Waals surface area contributed by atoms with Crippen molar-refractivity contribution in [3.63, 3.8) is 0 Å². The summed E-state index contributed by atoms with van der Waals surface area (Å²) in [6.45, 7) is 1.99. The van der Waals surface area contributed by atoms with Crippen LogP contribution in [0.25, 0.3) is 5.03 Å². The third kappa shape index (κ3) is 1.31. The number of halogens is 1. The molecule has 0 saturated carbocycles. The first-order valence-corrected chi connectivity index (χ1v) is 4.63. The van der Waals surface area contributed by atoms with E-state index in [1.54, 1.807) is 0 Å². The molecule has 0 fully saturated rings. The largest absolute Gasteiger partial charge is 0.362 e. The minimum absolute atomic E-state index is 0.612. The molecule has 0 spiro atoms. The van der Waals surface area contributed by atoms with Crippen LogP contribution < -0.4 is 0 Å². The van der Waals surface area contributed by atoms with Crippen LogP contribution in [0.2, 0.25) is 0 Å². The molecule has 2 rings (SSSR count). The molecule has 0 amide bonds. The van der Waals surface area contributed by atoms with Gasteiger partial charge in [-0.15, -0.1) is 0 Å². The number of hydrogen-bond acceptors (Lipinski definition) is 1. The van der Waals surface area contributed by atoms with Gasteiger partial charge in [-0.1, -0.05) is 11.6 Å². The SMILES string of the molecule is Cc1cc2c([nH]1)CCC(C=O)=C2Cl. The monoisotopic (exact) mass is 195 g/mol. The molecule has 0 aliphatic heterocycles. The summed E-state index contributed by atoms with van der Waals surface area (Å²) >= 11 is 6.06. The fourth-order valence-electron chi connectivity index (χ4n) is 1.69. The Morgan fingerprint density at radius 3 is 3.00 bits per heavy atom. The van der Waals surface area contributed by atoms with Gasteiger partial charge in [0.2, 0.25) is 0 Å². The molecule has 68 valence electrons. The maximum atomic E-state index is 10.6. The highest BCUT2D eigenvalue weighted by molar-refractivity contribution is 6.50. The van der Waals surface area contributed by atoms with Crippen molar-refractivity contribution in [3.05, 3.63) is 28.6 Å². The maximum Gasteiger partial charge on any atom is 0.147 e. The van der Waals surface area contributed by atoms with Gasteiger partial charge in [-0.2, -0.15) is 0 Å². The molecular weight excluding hydrogens is 186 g/mol. The average molecular weight is 196 g/mol. The van der Waals surface area contributed by atoms with Gasteiger partial charge in [-0.05, 0) is 25.8 Å². The number of fused-ring (bicyclic) bond motifs is 1. The predicted octanol–water partition coefficient (Wildman–Crippen LogP) is 2.42. The topological polar surface area (TPSA) is 32.9 Å². The molecule has 1 aliphatic rings. The number of rotatable bonds is 1. The fourth-order valence-corrected chi connectivity index (χ4v) is 2.00. The van der Waals surface area contributed by atoms with Gasteiger partial charge < -0.3 is 4.98 Å². The van der Waals surface area contributed by atoms with Crippen molar-refractivity contribution in [3.8, 4) is 0 Å². The number of aromatic nitrogens is 1. The summed E-state index contributed by atoms with van der Waals surface area (Å²) in [7, 11) is 0. The molecule has 0 radical (unpaired) electrons. The molecule has 0 unspecified atom stereocenters. The van der Waals surface area contributed by atoms with Crippen LogP contribution in [0.1, 0.15) is 23.4 Å². The smallest absolute Gasteiger partial charge is 0.147 e. The first-order chi connectivity index (χ1) is 6.22. The third-order valence-electron chi connectivity index (χ3n) is 2.34. The summed E-state index contributed by atoms with van der Waals surface area (Å²) in [5.41, 5.74) is 3.95. The van der Waals surface area contributed by atoms with Gasteiger partial charge in [0, 0.05) is 22.5 Å². The van der Waals surface area contributed by atoms with Gasteiger partial charge >= 0.3 is 0 Å². The predicted molar refractivity (Wildman–Crippen MR) is 52.7 cm³/mol. The lowest BCUT2D eigenvalue weighted by molar-refractivity contribution is -0.105. The van der Waals surface area contributed by atoms with Gasteiger partial charge in [-0.3, -0.25) is 4.79 Å². The van der Waals surface area contributed by atoms with Crippen molar-refractivity contribution in [2.45, 2.75) is 19.8 Å². The van der Waals surface area contributed by atoms with Gasteiger partial charge in [0.05, 0.1) is 5.03 Å². The molecule has 1 aromatic rings. The first kappa shape index (κ1) is 8.57. The molecule has 0 saturated heterocycles. The lowest BCUT2D eigenvalue weighted by Crippen LogP contribution is -2.01. The molecule has 3 heteroatoms. The van der Waals surface area contributed by atoms with Crippen molar-refractivity contribution < 1.29 is 4.79 Å². The number of H-pyrrole nitrogens is 1. The minimum Gasteiger partial charge on any atom is -0.362 e. The fraction of sp³-hybridized carbons (Fsp3) is 0.300. The Morgan fingerprint density at radius 2 is 2.31 bits per heavy atom. The Labute approximate surface area is 81.6 Å². The van der Waals surface area contributed by atoms with E-state index in [0.717, 1.165) is 36.1 Å². The van der Waals surface area contributed by atoms with Crippen LogP contribution in [0.15, 0.2) is 11.6 Å². The summed E-state index contributed by atoms with van der Waals surface area (Å²) in [5, 5.41) is 0.612. The number of carbonyl (C=O) groups is 1. The van der Waals surface area contributed by atoms with E-state index < -0.39 is 0 Å². The van der Waals surface area contributed by atoms with E-state index in [4.69, 9.17) is 11.6 Å². The summed E-state index contributed by atoms with van der Waals surface area (Å²) < 4.78 is 0. The minimum atomic E-state index is 0.612. The zero-order valence-electron chi connectivity index (χ0n) is 7.36. The van der Waals surface area contributed by atoms with Crippen molar-refractivity contribution in [2.75, 3.05) is 0 Å². The Kier molecular flexibility index (Phi) is 2.00. The summed E-state index contributed by atoms with van der Waals surface area (Å²) in [6.07, 6.45) is 2.48. The highest BCUT2D eigenvalue weighted by atomic mass is 35.5. The number of carbonyl (C=O) groups excluding carboxylic acids is 1. The van der Waals surface area contributed by atoms with E-state index in [-0.39, 0.29) is 0 Å². The van der Waals surface area contributed by atoms with E-state index in [1.165, 1.54) is 0 Å². The van der Waals surface area contributed by atoms with Crippen LogP contribution in [0.3, 0.4) is 0 Å². The zero-order chi connectivity index (χ0) is 9.42. The molecule has 0 aromatic carbocycles. The highest BCUT2D eigenvalue weighted by Gasteiger charge is 2.18. The van der Waals surface area contributed by atoms with E-state index in [2.05, 4.69) is 4.98 Å². The van der Waals surface area contributed by atoms with Crippen LogP contribution in [-0.2, 0) is 11.2 Å². The summed E-state index contributed by atoms with van der Waals surface area (Å²) in [4.78, 5) is 13.9. The maximum absolute atomic E-state index is 10.6. The number of allylic oxidation sites excluding steroid dienone is 1. The van der Waals surface area contributed by atoms with Crippen molar-refractivity contribution in [1.82, 2.24) is 4.98 Å². The Bertz CT molecular complexity index is 390. The van der Waals surface area contributed by atoms with Crippen molar-refractivity contribution in [2.24, 2.45) is 0 Å². The van der Waals surface area contributed by atoms with E-state index >= 15 is 0 Å². The quantitative estimate of drug-likeness (QED) is 0.686. The van der Waals surface area contributed by atoms with Gasteiger partial charge in [0.25, 0.3) is 0 Å². The van der Waals surface area contributed by atoms with E-state index in [0.29, 0.717) is 10.6 Å². The van der Waals surface area contributed by atoms with Gasteiger partial charge in [0.1, 0.15) is 6.29 Å². The second kappa shape index (κ2) is 3.04. The van der Waals surface area contributed by atoms with Crippen molar-refractivity contribution >= 4 is 22.9 Å². The summed E-state index contributed by atoms with van der Waals surface area (Å²) in [5.74, 6) is 0. The van der Waals surface area contributed by atoms with Crippen LogP contribution in [0, 0.1) is 6.92 Å². The molecule has 13 heavy (non-hydrogen) atoms. The first-order valence-electron chi connectivity index (χ1n) is 4.25. The number of aromatic amines is 1. The van der Waals surface area contributed by atoms with Crippen LogP contribution in [0.5, 0.6) is 0 Å². The Morgan fingerprint density at radius 1 is 1.54 bits per heavy atom. The summed E-state index contributed by atoms with van der Waals surface area (Å²) in [6, 6.07) is 1.99. The van der Waals surface area contributed by atoms with Crippen LogP contribution >= 0.6 is 11.6 Å². The number of hydrogen-bond donors (Lipinski definition) is 1. The molecular formula is C10H10ClNO. The highest BCUT2D eigenvalue weighted by Crippen LogP contribution is 2.33. The normalized spacial score (nSPS) is 15.8. The van der Waals surface area contributed by atoms with Gasteiger partial charge in [-0.25, -0.2) is 0 Å². The van der Waals surface area contributed by atoms with Crippen LogP contribution in [0.4, 0.5) is 0 Å². The van der Waals surface area contributed by atoms with E-state index in [1.807, 2.05) is 13.0 Å². The zero-order valence-corrected chi connectivity index (χ0v) is 8.11. The number of nitrogens with one attached hydrogen (secondary N) is 1. The Balaban J connectivity index is 2.57. The lowest BCUT2D eigenvalue weighted by Gasteiger charge is -2.11. The average Bonchev–Trinajstić information content (AvgIpc) is 2.47. The molecule has 1 N–H and O–H groups in total. The molecule has 0 bridgehead atoms. The van der Waals surface area contributed by atoms with Crippen LogP contribution in [-0.4, -0.2) is 11.3 Å². The number of aldehydes is 1. The van der Waals surface area contributed by atoms with Crippen molar-refractivity contribution in [1.29, 1.82) is 0 Å². The van der Waals surface area contributed by atoms with Gasteiger partial charge in [0.15, 0.2) is 0 Å². The Hall–Kier alpha value is -1.02. The molecule has 2 nitrogen and oxygen atoms in total. The molecule has 1 aliphatic carbocycles. The second-order valence-corrected chi connectivity index (χ2v) is 3.68. The standard InChI is InChI=1S/C10H10ClNO/c1-6-4-8-9(12-6)3-2-7(5-13)10(8)11/h4-5,12H,2-3H2,1H3. The second-order valence-electron chi connectivity index (χ2n) is 3.30. The lowest BCUT2D eigenvalue weighted by atomic mass is 9.98. The van der Waals surface area contributed by atoms with E-state index in [9.17, 15) is 4.79 Å². The molecule has 1 heterocycles.